The predicted octanol–water partition coefficient (Wildman–Crippen LogP) is -1.23. The van der Waals surface area contributed by atoms with Crippen molar-refractivity contribution >= 4 is 27.3 Å². The molecule has 0 spiro atoms. The largest absolute Gasteiger partial charge is 0.354 e. The molecule has 112 valence electrons. The van der Waals surface area contributed by atoms with Gasteiger partial charge in [-0.05, 0) is 18.4 Å². The Balaban J connectivity index is 2.00. The first-order valence-corrected chi connectivity index (χ1v) is 8.88. The number of nitrogens with zero attached hydrogens (tertiary/aromatic N) is 1. The normalized spacial score (nSPS) is 19.7. The van der Waals surface area contributed by atoms with Gasteiger partial charge in [0.15, 0.2) is 6.04 Å². The molecule has 8 heteroatoms. The van der Waals surface area contributed by atoms with E-state index in [0.717, 1.165) is 4.90 Å². The van der Waals surface area contributed by atoms with Crippen LogP contribution in [0.25, 0.3) is 0 Å². The molecule has 1 aromatic rings. The van der Waals surface area contributed by atoms with E-state index < -0.39 is 10.0 Å². The molecular formula is C12H20N3O3S2+. The van der Waals surface area contributed by atoms with E-state index in [9.17, 15) is 13.2 Å². The van der Waals surface area contributed by atoms with Crippen molar-refractivity contribution in [1.29, 1.82) is 0 Å². The molecule has 2 rings (SSSR count). The lowest BCUT2D eigenvalue weighted by Crippen LogP contribution is -3.19. The third-order valence-electron chi connectivity index (χ3n) is 3.71. The standard InChI is InChI=1S/C12H19N3O3S2/c1-10(12(16)13-2)14-5-7-15(8-6-14)20(17,18)11-4-3-9-19-11/h3-4,9-10H,5-8H2,1-2H3,(H,13,16)/p+1/t10-/m1/s1. The maximum atomic E-state index is 12.4. The van der Waals surface area contributed by atoms with Gasteiger partial charge in [-0.15, -0.1) is 11.3 Å². The van der Waals surface area contributed by atoms with Gasteiger partial charge in [-0.2, -0.15) is 4.31 Å². The molecule has 6 nitrogen and oxygen atoms in total. The van der Waals surface area contributed by atoms with Gasteiger partial charge in [0.05, 0.1) is 26.2 Å². The van der Waals surface area contributed by atoms with Gasteiger partial charge in [0.2, 0.25) is 0 Å². The van der Waals surface area contributed by atoms with Gasteiger partial charge in [0, 0.05) is 7.05 Å². The SMILES string of the molecule is CNC(=O)[C@@H](C)[NH+]1CCN(S(=O)(=O)c2cccs2)CC1. The molecule has 1 aliphatic rings. The van der Waals surface area contributed by atoms with E-state index in [1.54, 1.807) is 24.6 Å². The minimum atomic E-state index is -3.36. The van der Waals surface area contributed by atoms with Gasteiger partial charge < -0.3 is 10.2 Å². The molecule has 1 fully saturated rings. The highest BCUT2D eigenvalue weighted by Crippen LogP contribution is 2.20. The van der Waals surface area contributed by atoms with Gasteiger partial charge in [0.25, 0.3) is 15.9 Å². The molecular weight excluding hydrogens is 298 g/mol. The van der Waals surface area contributed by atoms with Crippen LogP contribution in [0.5, 0.6) is 0 Å². The summed E-state index contributed by atoms with van der Waals surface area (Å²) in [6, 6.07) is 3.23. The van der Waals surface area contributed by atoms with E-state index in [4.69, 9.17) is 0 Å². The zero-order valence-electron chi connectivity index (χ0n) is 11.6. The monoisotopic (exact) mass is 318 g/mol. The van der Waals surface area contributed by atoms with Crippen LogP contribution >= 0.6 is 11.3 Å². The van der Waals surface area contributed by atoms with Crippen molar-refractivity contribution < 1.29 is 18.1 Å². The fourth-order valence-electron chi connectivity index (χ4n) is 2.39. The van der Waals surface area contributed by atoms with Crippen LogP contribution in [0.2, 0.25) is 0 Å². The second-order valence-electron chi connectivity index (χ2n) is 4.83. The molecule has 1 aliphatic heterocycles. The number of thiophene rings is 1. The maximum Gasteiger partial charge on any atom is 0.277 e. The Hall–Kier alpha value is -0.960. The van der Waals surface area contributed by atoms with Crippen molar-refractivity contribution in [2.45, 2.75) is 17.2 Å². The van der Waals surface area contributed by atoms with Crippen LogP contribution in [-0.4, -0.2) is 57.9 Å². The van der Waals surface area contributed by atoms with Gasteiger partial charge in [-0.3, -0.25) is 4.79 Å². The zero-order valence-corrected chi connectivity index (χ0v) is 13.3. The number of nitrogens with one attached hydrogen (secondary N) is 2. The van der Waals surface area contributed by atoms with Crippen molar-refractivity contribution in [3.8, 4) is 0 Å². The quantitative estimate of drug-likeness (QED) is 0.730. The highest BCUT2D eigenvalue weighted by molar-refractivity contribution is 7.91. The summed E-state index contributed by atoms with van der Waals surface area (Å²) in [4.78, 5) is 12.7. The molecule has 0 saturated carbocycles. The molecule has 1 amide bonds. The van der Waals surface area contributed by atoms with Crippen molar-refractivity contribution in [2.75, 3.05) is 33.2 Å². The molecule has 1 saturated heterocycles. The number of rotatable bonds is 4. The summed E-state index contributed by atoms with van der Waals surface area (Å²) < 4.78 is 26.6. The first-order valence-electron chi connectivity index (χ1n) is 6.56. The van der Waals surface area contributed by atoms with Crippen LogP contribution < -0.4 is 10.2 Å². The summed E-state index contributed by atoms with van der Waals surface area (Å²) in [6.07, 6.45) is 0. The third-order valence-corrected chi connectivity index (χ3v) is 6.98. The number of likely N-dealkylation sites (N-methyl/N-ethyl adjacent to an activating group) is 1. The Morgan fingerprint density at radius 3 is 2.60 bits per heavy atom. The number of piperazine rings is 1. The fraction of sp³-hybridized carbons (Fsp3) is 0.583. The average Bonchev–Trinajstić information content (AvgIpc) is 3.00. The fourth-order valence-corrected chi connectivity index (χ4v) is 4.97. The molecule has 1 atom stereocenters. The van der Waals surface area contributed by atoms with Gasteiger partial charge in [-0.25, -0.2) is 8.42 Å². The van der Waals surface area contributed by atoms with E-state index in [1.165, 1.54) is 15.6 Å². The lowest BCUT2D eigenvalue weighted by Gasteiger charge is -2.33. The minimum Gasteiger partial charge on any atom is -0.354 e. The van der Waals surface area contributed by atoms with E-state index in [2.05, 4.69) is 5.32 Å². The number of hydrogen-bond donors (Lipinski definition) is 2. The van der Waals surface area contributed by atoms with Crippen molar-refractivity contribution in [3.63, 3.8) is 0 Å². The molecule has 0 aromatic carbocycles. The number of amides is 1. The summed E-state index contributed by atoms with van der Waals surface area (Å²) in [5, 5.41) is 4.40. The summed E-state index contributed by atoms with van der Waals surface area (Å²) in [5.41, 5.74) is 0. The van der Waals surface area contributed by atoms with Crippen LogP contribution in [0.3, 0.4) is 0 Å². The Labute approximate surface area is 123 Å². The Bertz CT molecular complexity index is 549. The average molecular weight is 318 g/mol. The highest BCUT2D eigenvalue weighted by Gasteiger charge is 2.34. The lowest BCUT2D eigenvalue weighted by molar-refractivity contribution is -0.917. The molecule has 0 bridgehead atoms. The van der Waals surface area contributed by atoms with Crippen LogP contribution in [0, 0.1) is 0 Å². The van der Waals surface area contributed by atoms with Crippen LogP contribution in [0.1, 0.15) is 6.92 Å². The van der Waals surface area contributed by atoms with Crippen molar-refractivity contribution in [1.82, 2.24) is 9.62 Å². The minimum absolute atomic E-state index is 0.00503. The predicted molar refractivity (Wildman–Crippen MR) is 77.3 cm³/mol. The van der Waals surface area contributed by atoms with E-state index in [1.807, 2.05) is 6.92 Å². The number of carbonyl (C=O) groups excluding carboxylic acids is 1. The first kappa shape index (κ1) is 15.4. The van der Waals surface area contributed by atoms with Crippen molar-refractivity contribution in [2.24, 2.45) is 0 Å². The number of hydrogen-bond acceptors (Lipinski definition) is 4. The molecule has 0 aliphatic carbocycles. The van der Waals surface area contributed by atoms with E-state index >= 15 is 0 Å². The maximum absolute atomic E-state index is 12.4. The van der Waals surface area contributed by atoms with Crippen LogP contribution in [0.15, 0.2) is 21.7 Å². The first-order chi connectivity index (χ1) is 9.46. The van der Waals surface area contributed by atoms with E-state index in [-0.39, 0.29) is 11.9 Å². The molecule has 0 unspecified atom stereocenters. The Kier molecular flexibility index (Phi) is 4.79. The van der Waals surface area contributed by atoms with Gasteiger partial charge in [0.1, 0.15) is 4.21 Å². The van der Waals surface area contributed by atoms with Gasteiger partial charge in [-0.1, -0.05) is 6.07 Å². The topological polar surface area (TPSA) is 70.9 Å². The summed E-state index contributed by atoms with van der Waals surface area (Å²) in [5.74, 6) is -0.00503. The number of carbonyl (C=O) groups is 1. The van der Waals surface area contributed by atoms with E-state index in [0.29, 0.717) is 30.4 Å². The highest BCUT2D eigenvalue weighted by atomic mass is 32.2. The summed E-state index contributed by atoms with van der Waals surface area (Å²) >= 11 is 1.24. The Morgan fingerprint density at radius 1 is 1.45 bits per heavy atom. The van der Waals surface area contributed by atoms with Crippen molar-refractivity contribution in [3.05, 3.63) is 17.5 Å². The second-order valence-corrected chi connectivity index (χ2v) is 7.94. The lowest BCUT2D eigenvalue weighted by atomic mass is 10.2. The Morgan fingerprint density at radius 2 is 2.10 bits per heavy atom. The summed E-state index contributed by atoms with van der Waals surface area (Å²) in [7, 11) is -1.73. The zero-order chi connectivity index (χ0) is 14.8. The third kappa shape index (κ3) is 3.03. The smallest absolute Gasteiger partial charge is 0.277 e. The molecule has 2 heterocycles. The molecule has 0 radical (unpaired) electrons. The molecule has 1 aromatic heterocycles. The van der Waals surface area contributed by atoms with Crippen LogP contribution in [0.4, 0.5) is 0 Å². The van der Waals surface area contributed by atoms with Gasteiger partial charge >= 0.3 is 0 Å². The molecule has 2 N–H and O–H groups in total. The number of sulfonamides is 1. The molecule has 20 heavy (non-hydrogen) atoms. The van der Waals surface area contributed by atoms with Crippen LogP contribution in [-0.2, 0) is 14.8 Å². The number of quaternary nitrogens is 1. The summed E-state index contributed by atoms with van der Waals surface area (Å²) in [6.45, 7) is 4.09. The second kappa shape index (κ2) is 6.21.